The maximum atomic E-state index is 4.95. The van der Waals surface area contributed by atoms with Gasteiger partial charge in [0, 0.05) is 41.6 Å². The molecular weight excluding hydrogens is 374 g/mol. The van der Waals surface area contributed by atoms with Crippen LogP contribution < -0.4 is 5.32 Å². The lowest BCUT2D eigenvalue weighted by atomic mass is 10.0. The molecule has 0 aromatic carbocycles. The summed E-state index contributed by atoms with van der Waals surface area (Å²) in [5.74, 6) is 0. The highest BCUT2D eigenvalue weighted by Crippen LogP contribution is 2.32. The summed E-state index contributed by atoms with van der Waals surface area (Å²) >= 11 is 0. The second-order valence-electron chi connectivity index (χ2n) is 7.39. The molecule has 0 spiro atoms. The van der Waals surface area contributed by atoms with Crippen molar-refractivity contribution in [1.29, 1.82) is 0 Å². The summed E-state index contributed by atoms with van der Waals surface area (Å²) in [7, 11) is 0. The van der Waals surface area contributed by atoms with Gasteiger partial charge in [-0.2, -0.15) is 5.10 Å². The third-order valence-corrected chi connectivity index (χ3v) is 5.54. The molecule has 0 unspecified atom stereocenters. The van der Waals surface area contributed by atoms with E-state index in [1.165, 1.54) is 5.57 Å². The number of aromatic amines is 2. The Hall–Kier alpha value is -3.84. The van der Waals surface area contributed by atoms with Gasteiger partial charge in [0.15, 0.2) is 0 Å². The lowest BCUT2D eigenvalue weighted by Gasteiger charge is -2.13. The largest absolute Gasteiger partial charge is 0.353 e. The number of nitrogens with zero attached hydrogens (tertiary/aromatic N) is 4. The molecule has 5 aromatic heterocycles. The van der Waals surface area contributed by atoms with Crippen LogP contribution in [0.5, 0.6) is 0 Å². The van der Waals surface area contributed by atoms with Crippen molar-refractivity contribution < 1.29 is 0 Å². The summed E-state index contributed by atoms with van der Waals surface area (Å²) in [6.45, 7) is 1.87. The number of hydrogen-bond acceptors (Lipinski definition) is 5. The molecule has 5 aromatic rings. The maximum Gasteiger partial charge on any atom is 0.135 e. The molecule has 1 aliphatic heterocycles. The average molecular weight is 393 g/mol. The molecule has 1 aliphatic rings. The first-order valence-corrected chi connectivity index (χ1v) is 10.0. The second kappa shape index (κ2) is 6.89. The molecule has 0 fully saturated rings. The first-order chi connectivity index (χ1) is 14.9. The fourth-order valence-electron chi connectivity index (χ4n) is 4.04. The van der Waals surface area contributed by atoms with Gasteiger partial charge < -0.3 is 10.3 Å². The Morgan fingerprint density at radius 3 is 2.83 bits per heavy atom. The van der Waals surface area contributed by atoms with Crippen LogP contribution >= 0.6 is 0 Å². The first kappa shape index (κ1) is 17.1. The minimum absolute atomic E-state index is 0.815. The van der Waals surface area contributed by atoms with E-state index in [2.05, 4.69) is 54.7 Å². The Kier molecular flexibility index (Phi) is 3.92. The third kappa shape index (κ3) is 2.79. The minimum Gasteiger partial charge on any atom is -0.353 e. The van der Waals surface area contributed by atoms with E-state index in [1.807, 2.05) is 30.6 Å². The molecule has 0 bridgehead atoms. The van der Waals surface area contributed by atoms with Crippen molar-refractivity contribution in [3.05, 3.63) is 66.8 Å². The Labute approximate surface area is 172 Å². The summed E-state index contributed by atoms with van der Waals surface area (Å²) < 4.78 is 0. The van der Waals surface area contributed by atoms with Gasteiger partial charge >= 0.3 is 0 Å². The Balaban J connectivity index is 1.50. The predicted molar refractivity (Wildman–Crippen MR) is 118 cm³/mol. The summed E-state index contributed by atoms with van der Waals surface area (Å²) in [4.78, 5) is 17.3. The summed E-state index contributed by atoms with van der Waals surface area (Å²) in [6, 6.07) is 12.1. The van der Waals surface area contributed by atoms with Crippen molar-refractivity contribution in [3.63, 3.8) is 0 Å². The van der Waals surface area contributed by atoms with Crippen LogP contribution in [0, 0.1) is 0 Å². The first-order valence-electron chi connectivity index (χ1n) is 10.0. The van der Waals surface area contributed by atoms with Crippen LogP contribution in [-0.4, -0.2) is 43.2 Å². The van der Waals surface area contributed by atoms with Gasteiger partial charge in [-0.1, -0.05) is 6.08 Å². The molecule has 6 rings (SSSR count). The Bertz CT molecular complexity index is 1400. The minimum atomic E-state index is 0.815. The number of nitrogens with one attached hydrogen (secondary N) is 3. The normalized spacial score (nSPS) is 14.3. The van der Waals surface area contributed by atoms with Crippen molar-refractivity contribution in [2.75, 3.05) is 13.1 Å². The quantitative estimate of drug-likeness (QED) is 0.432. The van der Waals surface area contributed by atoms with Crippen molar-refractivity contribution >= 4 is 27.5 Å². The molecule has 6 heterocycles. The van der Waals surface area contributed by atoms with Crippen LogP contribution in [0.3, 0.4) is 0 Å². The molecule has 7 heteroatoms. The van der Waals surface area contributed by atoms with Crippen LogP contribution in [0.2, 0.25) is 0 Å². The standard InChI is InChI=1S/C23H19N7/c1-2-15(13-25-8-1)21-16-12-20(27-18(16)7-11-26-21)23-22-19(29-30-23)4-3-17(28-22)14-5-9-24-10-6-14/h1-5,7-8,11-13,24,27H,6,9-10H2,(H,29,30). The zero-order valence-electron chi connectivity index (χ0n) is 16.2. The fourth-order valence-corrected chi connectivity index (χ4v) is 4.04. The monoisotopic (exact) mass is 393 g/mol. The van der Waals surface area contributed by atoms with E-state index in [1.54, 1.807) is 6.20 Å². The zero-order valence-corrected chi connectivity index (χ0v) is 16.2. The molecular formula is C23H19N7. The lowest BCUT2D eigenvalue weighted by Crippen LogP contribution is -2.20. The van der Waals surface area contributed by atoms with Crippen LogP contribution in [0.1, 0.15) is 12.1 Å². The van der Waals surface area contributed by atoms with Gasteiger partial charge in [-0.3, -0.25) is 15.1 Å². The van der Waals surface area contributed by atoms with Crippen LogP contribution in [0.4, 0.5) is 0 Å². The molecule has 0 saturated heterocycles. The van der Waals surface area contributed by atoms with Gasteiger partial charge in [0.25, 0.3) is 0 Å². The number of pyridine rings is 3. The van der Waals surface area contributed by atoms with Crippen LogP contribution in [-0.2, 0) is 0 Å². The van der Waals surface area contributed by atoms with E-state index in [9.17, 15) is 0 Å². The summed E-state index contributed by atoms with van der Waals surface area (Å²) in [5, 5.41) is 12.1. The third-order valence-electron chi connectivity index (χ3n) is 5.54. The van der Waals surface area contributed by atoms with Crippen molar-refractivity contribution in [3.8, 4) is 22.6 Å². The second-order valence-corrected chi connectivity index (χ2v) is 7.39. The number of fused-ring (bicyclic) bond motifs is 2. The molecule has 0 radical (unpaired) electrons. The SMILES string of the molecule is C1=C(c2ccc3[nH]nc(-c4cc5c(-c6cccnc6)nccc5[nH]4)c3n2)CCNC1. The number of aromatic nitrogens is 6. The smallest absolute Gasteiger partial charge is 0.135 e. The van der Waals surface area contributed by atoms with E-state index in [4.69, 9.17) is 4.98 Å². The Morgan fingerprint density at radius 1 is 0.967 bits per heavy atom. The number of H-pyrrole nitrogens is 2. The average Bonchev–Trinajstić information content (AvgIpc) is 3.43. The van der Waals surface area contributed by atoms with Crippen LogP contribution in [0.15, 0.2) is 61.1 Å². The molecule has 0 aliphatic carbocycles. The van der Waals surface area contributed by atoms with Gasteiger partial charge in [0.2, 0.25) is 0 Å². The van der Waals surface area contributed by atoms with Gasteiger partial charge in [0.1, 0.15) is 11.2 Å². The van der Waals surface area contributed by atoms with E-state index in [-0.39, 0.29) is 0 Å². The fraction of sp³-hybridized carbons (Fsp3) is 0.130. The van der Waals surface area contributed by atoms with E-state index in [0.717, 1.165) is 69.8 Å². The maximum absolute atomic E-state index is 4.95. The number of rotatable bonds is 3. The topological polar surface area (TPSA) is 95.2 Å². The van der Waals surface area contributed by atoms with Crippen LogP contribution in [0.25, 0.3) is 50.2 Å². The molecule has 0 atom stereocenters. The van der Waals surface area contributed by atoms with Crippen molar-refractivity contribution in [2.24, 2.45) is 0 Å². The molecule has 7 nitrogen and oxygen atoms in total. The zero-order chi connectivity index (χ0) is 19.9. The summed E-state index contributed by atoms with van der Waals surface area (Å²) in [6.07, 6.45) is 8.61. The highest BCUT2D eigenvalue weighted by atomic mass is 15.1. The molecule has 0 amide bonds. The summed E-state index contributed by atoms with van der Waals surface area (Å²) in [5.41, 5.74) is 8.71. The van der Waals surface area contributed by atoms with E-state index >= 15 is 0 Å². The van der Waals surface area contributed by atoms with Gasteiger partial charge in [0.05, 0.1) is 22.6 Å². The molecule has 3 N–H and O–H groups in total. The van der Waals surface area contributed by atoms with E-state index < -0.39 is 0 Å². The molecule has 30 heavy (non-hydrogen) atoms. The lowest BCUT2D eigenvalue weighted by molar-refractivity contribution is 0.737. The van der Waals surface area contributed by atoms with Gasteiger partial charge in [-0.05, 0) is 54.9 Å². The highest BCUT2D eigenvalue weighted by Gasteiger charge is 2.16. The van der Waals surface area contributed by atoms with Crippen molar-refractivity contribution in [2.45, 2.75) is 6.42 Å². The van der Waals surface area contributed by atoms with Gasteiger partial charge in [-0.15, -0.1) is 0 Å². The molecule has 146 valence electrons. The highest BCUT2D eigenvalue weighted by molar-refractivity contribution is 5.99. The molecule has 0 saturated carbocycles. The Morgan fingerprint density at radius 2 is 1.97 bits per heavy atom. The number of hydrogen-bond donors (Lipinski definition) is 3. The van der Waals surface area contributed by atoms with Gasteiger partial charge in [-0.25, -0.2) is 4.98 Å². The predicted octanol–water partition coefficient (Wildman–Crippen LogP) is 3.94. The van der Waals surface area contributed by atoms with Crippen molar-refractivity contribution in [1.82, 2.24) is 35.5 Å². The van der Waals surface area contributed by atoms with E-state index in [0.29, 0.717) is 0 Å².